The number of piperazine rings is 1. The minimum absolute atomic E-state index is 0.0905. The first-order valence-electron chi connectivity index (χ1n) is 11.6. The number of rotatable bonds is 6. The molecule has 168 valence electrons. The van der Waals surface area contributed by atoms with Crippen LogP contribution < -0.4 is 5.32 Å². The summed E-state index contributed by atoms with van der Waals surface area (Å²) >= 11 is 1.75. The first-order valence-corrected chi connectivity index (χ1v) is 12.4. The third kappa shape index (κ3) is 4.25. The van der Waals surface area contributed by atoms with Gasteiger partial charge in [0.15, 0.2) is 5.76 Å². The standard InChI is InChI=1S/C25H30N4O2S/c1-2-28-12-14-29(15-13-28)23(18-7-5-11-26-17-18)22-19-8-3-4-10-21(19)32-25(22)27-24(30)20-9-6-16-31-20/h5-7,9,11,16-17,23H,2-4,8,10,12-15H2,1H3,(H,27,30). The molecule has 0 radical (unpaired) electrons. The largest absolute Gasteiger partial charge is 0.459 e. The lowest BCUT2D eigenvalue weighted by atomic mass is 9.89. The predicted octanol–water partition coefficient (Wildman–Crippen LogP) is 4.59. The number of fused-ring (bicyclic) bond motifs is 1. The van der Waals surface area contributed by atoms with E-state index in [0.717, 1.165) is 50.6 Å². The van der Waals surface area contributed by atoms with Gasteiger partial charge in [-0.3, -0.25) is 14.7 Å². The van der Waals surface area contributed by atoms with Crippen molar-refractivity contribution in [3.8, 4) is 0 Å². The molecule has 0 bridgehead atoms. The molecule has 3 aromatic heterocycles. The summed E-state index contributed by atoms with van der Waals surface area (Å²) in [4.78, 5) is 23.9. The highest BCUT2D eigenvalue weighted by atomic mass is 32.1. The quantitative estimate of drug-likeness (QED) is 0.595. The maximum absolute atomic E-state index is 12.9. The van der Waals surface area contributed by atoms with Gasteiger partial charge in [-0.05, 0) is 61.6 Å². The average molecular weight is 451 g/mol. The second-order valence-corrected chi connectivity index (χ2v) is 9.65. The first-order chi connectivity index (χ1) is 15.7. The second kappa shape index (κ2) is 9.57. The zero-order chi connectivity index (χ0) is 21.9. The van der Waals surface area contributed by atoms with Crippen LogP contribution in [-0.2, 0) is 12.8 Å². The Morgan fingerprint density at radius 3 is 2.75 bits per heavy atom. The van der Waals surface area contributed by atoms with Crippen LogP contribution in [0.1, 0.15) is 57.9 Å². The Bertz CT molecular complexity index is 1040. The van der Waals surface area contributed by atoms with Crippen molar-refractivity contribution in [1.82, 2.24) is 14.8 Å². The second-order valence-electron chi connectivity index (χ2n) is 8.54. The van der Waals surface area contributed by atoms with E-state index in [9.17, 15) is 4.79 Å². The van der Waals surface area contributed by atoms with Crippen molar-refractivity contribution in [2.75, 3.05) is 38.0 Å². The number of amides is 1. The van der Waals surface area contributed by atoms with Crippen LogP contribution in [0.3, 0.4) is 0 Å². The smallest absolute Gasteiger partial charge is 0.291 e. The van der Waals surface area contributed by atoms with E-state index >= 15 is 0 Å². The van der Waals surface area contributed by atoms with Gasteiger partial charge in [0.25, 0.3) is 5.91 Å². The van der Waals surface area contributed by atoms with Crippen LogP contribution in [0.2, 0.25) is 0 Å². The molecular weight excluding hydrogens is 420 g/mol. The first kappa shape index (κ1) is 21.4. The number of likely N-dealkylation sites (N-methyl/N-ethyl adjacent to an activating group) is 1. The van der Waals surface area contributed by atoms with Gasteiger partial charge in [0.1, 0.15) is 5.00 Å². The topological polar surface area (TPSA) is 61.6 Å². The van der Waals surface area contributed by atoms with Crippen molar-refractivity contribution >= 4 is 22.2 Å². The van der Waals surface area contributed by atoms with Gasteiger partial charge in [0, 0.05) is 49.0 Å². The Labute approximate surface area is 193 Å². The predicted molar refractivity (Wildman–Crippen MR) is 127 cm³/mol. The van der Waals surface area contributed by atoms with Crippen molar-refractivity contribution in [3.63, 3.8) is 0 Å². The maximum Gasteiger partial charge on any atom is 0.291 e. The van der Waals surface area contributed by atoms with Gasteiger partial charge in [-0.1, -0.05) is 13.0 Å². The maximum atomic E-state index is 12.9. The summed E-state index contributed by atoms with van der Waals surface area (Å²) < 4.78 is 5.36. The molecule has 1 atom stereocenters. The van der Waals surface area contributed by atoms with Gasteiger partial charge in [-0.15, -0.1) is 11.3 Å². The molecule has 7 heteroatoms. The summed E-state index contributed by atoms with van der Waals surface area (Å²) in [5.41, 5.74) is 3.89. The van der Waals surface area contributed by atoms with Crippen LogP contribution in [0, 0.1) is 0 Å². The van der Waals surface area contributed by atoms with Crippen molar-refractivity contribution in [3.05, 3.63) is 70.3 Å². The third-order valence-corrected chi connectivity index (χ3v) is 7.90. The molecular formula is C25H30N4O2S. The monoisotopic (exact) mass is 450 g/mol. The average Bonchev–Trinajstić information content (AvgIpc) is 3.50. The molecule has 1 aliphatic heterocycles. The fraction of sp³-hybridized carbons (Fsp3) is 0.440. The van der Waals surface area contributed by atoms with Crippen molar-refractivity contribution in [2.45, 2.75) is 38.6 Å². The number of carbonyl (C=O) groups excluding carboxylic acids is 1. The molecule has 0 spiro atoms. The van der Waals surface area contributed by atoms with Gasteiger partial charge in [-0.2, -0.15) is 0 Å². The van der Waals surface area contributed by atoms with Gasteiger partial charge in [-0.25, -0.2) is 0 Å². The highest BCUT2D eigenvalue weighted by molar-refractivity contribution is 7.16. The molecule has 5 rings (SSSR count). The molecule has 0 aromatic carbocycles. The lowest BCUT2D eigenvalue weighted by molar-refractivity contribution is 0.0995. The van der Waals surface area contributed by atoms with E-state index in [1.165, 1.54) is 34.4 Å². The highest BCUT2D eigenvalue weighted by Crippen LogP contribution is 2.45. The van der Waals surface area contributed by atoms with Gasteiger partial charge < -0.3 is 14.6 Å². The lowest BCUT2D eigenvalue weighted by Crippen LogP contribution is -2.47. The molecule has 1 fully saturated rings. The number of hydrogen-bond donors (Lipinski definition) is 1. The summed E-state index contributed by atoms with van der Waals surface area (Å²) in [6.45, 7) is 7.45. The van der Waals surface area contributed by atoms with Crippen LogP contribution in [0.5, 0.6) is 0 Å². The van der Waals surface area contributed by atoms with E-state index in [0.29, 0.717) is 5.76 Å². The van der Waals surface area contributed by atoms with E-state index < -0.39 is 0 Å². The molecule has 6 nitrogen and oxygen atoms in total. The number of nitrogens with zero attached hydrogens (tertiary/aromatic N) is 3. The fourth-order valence-electron chi connectivity index (χ4n) is 4.98. The Kier molecular flexibility index (Phi) is 6.39. The van der Waals surface area contributed by atoms with Crippen LogP contribution >= 0.6 is 11.3 Å². The minimum Gasteiger partial charge on any atom is -0.459 e. The van der Waals surface area contributed by atoms with Gasteiger partial charge in [0.2, 0.25) is 0 Å². The van der Waals surface area contributed by atoms with Crippen LogP contribution in [0.25, 0.3) is 0 Å². The molecule has 0 saturated carbocycles. The Morgan fingerprint density at radius 1 is 1.19 bits per heavy atom. The zero-order valence-corrected chi connectivity index (χ0v) is 19.4. The summed E-state index contributed by atoms with van der Waals surface area (Å²) in [5, 5.41) is 4.17. The van der Waals surface area contributed by atoms with E-state index in [-0.39, 0.29) is 11.9 Å². The molecule has 1 N–H and O–H groups in total. The number of thiophene rings is 1. The SMILES string of the molecule is CCN1CCN(C(c2cccnc2)c2c(NC(=O)c3ccco3)sc3c2CCCC3)CC1. The number of nitrogens with one attached hydrogen (secondary N) is 1. The molecule has 1 saturated heterocycles. The molecule has 1 aliphatic carbocycles. The number of hydrogen-bond acceptors (Lipinski definition) is 6. The number of aryl methyl sites for hydroxylation is 1. The number of pyridine rings is 1. The van der Waals surface area contributed by atoms with Crippen molar-refractivity contribution < 1.29 is 9.21 Å². The Balaban J connectivity index is 1.57. The van der Waals surface area contributed by atoms with Crippen LogP contribution in [0.4, 0.5) is 5.00 Å². The number of carbonyl (C=O) groups is 1. The molecule has 3 aromatic rings. The van der Waals surface area contributed by atoms with E-state index in [2.05, 4.69) is 33.1 Å². The summed E-state index contributed by atoms with van der Waals surface area (Å²) in [5.74, 6) is 0.160. The Hall–Kier alpha value is -2.48. The van der Waals surface area contributed by atoms with E-state index in [4.69, 9.17) is 4.42 Å². The van der Waals surface area contributed by atoms with Gasteiger partial charge >= 0.3 is 0 Å². The molecule has 32 heavy (non-hydrogen) atoms. The van der Waals surface area contributed by atoms with Crippen LogP contribution in [0.15, 0.2) is 47.3 Å². The third-order valence-electron chi connectivity index (χ3n) is 6.68. The molecule has 1 unspecified atom stereocenters. The summed E-state index contributed by atoms with van der Waals surface area (Å²) in [7, 11) is 0. The van der Waals surface area contributed by atoms with Crippen LogP contribution in [-0.4, -0.2) is 53.4 Å². The van der Waals surface area contributed by atoms with E-state index in [1.54, 1.807) is 29.7 Å². The summed E-state index contributed by atoms with van der Waals surface area (Å²) in [6.07, 6.45) is 9.94. The minimum atomic E-state index is -0.185. The number of furan rings is 1. The number of aromatic nitrogens is 1. The molecule has 1 amide bonds. The summed E-state index contributed by atoms with van der Waals surface area (Å²) in [6, 6.07) is 7.75. The lowest BCUT2D eigenvalue weighted by Gasteiger charge is -2.40. The fourth-order valence-corrected chi connectivity index (χ4v) is 6.30. The normalized spacial score (nSPS) is 18.3. The zero-order valence-electron chi connectivity index (χ0n) is 18.5. The highest BCUT2D eigenvalue weighted by Gasteiger charge is 2.33. The number of anilines is 1. The van der Waals surface area contributed by atoms with E-state index in [1.807, 2.05) is 18.5 Å². The van der Waals surface area contributed by atoms with Crippen molar-refractivity contribution in [2.24, 2.45) is 0 Å². The van der Waals surface area contributed by atoms with Crippen molar-refractivity contribution in [1.29, 1.82) is 0 Å². The molecule has 4 heterocycles. The Morgan fingerprint density at radius 2 is 2.03 bits per heavy atom. The molecule has 2 aliphatic rings. The van der Waals surface area contributed by atoms with Gasteiger partial charge in [0.05, 0.1) is 12.3 Å².